The topological polar surface area (TPSA) is 193 Å². The number of benzene rings is 3. The van der Waals surface area contributed by atoms with E-state index in [1.165, 1.54) is 34.1 Å². The maximum Gasteiger partial charge on any atom is 0.312 e. The number of aromatic nitrogens is 1. The van der Waals surface area contributed by atoms with Crippen LogP contribution in [0.15, 0.2) is 63.6 Å². The van der Waals surface area contributed by atoms with Crippen LogP contribution in [0.1, 0.15) is 105 Å². The second kappa shape index (κ2) is 19.2. The molecule has 15 nitrogen and oxygen atoms in total. The lowest BCUT2D eigenvalue weighted by Gasteiger charge is -2.47. The quantitative estimate of drug-likeness (QED) is 0.0565. The SMILES string of the molecule is CO[C@H]1/C=C/O[C@@]2(C)Oc3c(C)c(=O)c4c(O)c(c5oc6cc(OCC7CCC[N+]7(C)C(C)(C)C)ccc6nc5c4c3C2=O)NC(=O)/C(C)=C\C=C\[C@H](C)[C@H](O)[C@@H](C)[C@@H](C)[C@@H](C)[C@H](OC(C)=O)[C@@H]1C. The van der Waals surface area contributed by atoms with Gasteiger partial charge in [-0.15, -0.1) is 0 Å². The van der Waals surface area contributed by atoms with Crippen LogP contribution in [0.4, 0.5) is 5.69 Å². The van der Waals surface area contributed by atoms with Gasteiger partial charge in [-0.2, -0.15) is 0 Å². The number of rotatable bonds is 5. The minimum Gasteiger partial charge on any atom is -0.505 e. The lowest BCUT2D eigenvalue weighted by Crippen LogP contribution is -2.61. The first-order valence-electron chi connectivity index (χ1n) is 24.1. The summed E-state index contributed by atoms with van der Waals surface area (Å²) in [4.78, 5) is 60.9. The van der Waals surface area contributed by atoms with E-state index in [2.05, 4.69) is 33.1 Å². The van der Waals surface area contributed by atoms with Gasteiger partial charge in [0.25, 0.3) is 11.7 Å². The van der Waals surface area contributed by atoms with Gasteiger partial charge in [0.2, 0.25) is 0 Å². The molecule has 15 heteroatoms. The molecular weight excluding hydrogens is 883 g/mol. The highest BCUT2D eigenvalue weighted by molar-refractivity contribution is 6.26. The van der Waals surface area contributed by atoms with E-state index in [9.17, 15) is 29.4 Å². The van der Waals surface area contributed by atoms with Gasteiger partial charge in [-0.05, 0) is 70.6 Å². The Morgan fingerprint density at radius 2 is 1.72 bits per heavy atom. The standard InChI is InChI=1S/C54H69N3O12/c1-27-17-15-18-28(2)52(63)56-44-47(61)41-40(43-50(44)68-39-25-36(20-21-37(39)55-43)65-26-35-19-16-23-57(35,13)53(9,10)11)42-49(33(7)46(41)60)69-54(12,51(42)62)66-24-22-38(64-14)32(6)48(67-34(8)58)31(5)29(3)30(4)45(27)59/h15,17-18,20-22,24-25,27,29-32,35,38,45,48,59H,16,19,23,26H2,1-14H3,(H-,55,56,60,61,62,63)/p+1/b17-15+,24-22+,28-18-/t27-,29+,30-,31+,32+,35?,38-,45-,48-,54-,57?/m0/s1. The molecule has 3 N–H and O–H groups in total. The number of aromatic hydroxyl groups is 1. The zero-order valence-corrected chi connectivity index (χ0v) is 42.5. The Hall–Kier alpha value is -5.77. The highest BCUT2D eigenvalue weighted by Crippen LogP contribution is 2.49. The minimum absolute atomic E-state index is 0.00890. The maximum atomic E-state index is 14.9. The molecule has 1 fully saturated rings. The van der Waals surface area contributed by atoms with E-state index in [1.54, 1.807) is 49.4 Å². The molecule has 372 valence electrons. The Labute approximate surface area is 404 Å². The number of fused-ring (bicyclic) bond motifs is 2. The van der Waals surface area contributed by atoms with E-state index in [0.29, 0.717) is 17.9 Å². The molecule has 0 spiro atoms. The highest BCUT2D eigenvalue weighted by Gasteiger charge is 2.50. The molecule has 0 saturated carbocycles. The van der Waals surface area contributed by atoms with Crippen LogP contribution in [-0.4, -0.2) is 100 Å². The van der Waals surface area contributed by atoms with Gasteiger partial charge in [-0.1, -0.05) is 52.8 Å². The smallest absolute Gasteiger partial charge is 0.312 e. The summed E-state index contributed by atoms with van der Waals surface area (Å²) in [5.41, 5.74) is -0.188. The predicted molar refractivity (Wildman–Crippen MR) is 264 cm³/mol. The van der Waals surface area contributed by atoms with E-state index < -0.39 is 58.9 Å². The van der Waals surface area contributed by atoms with Crippen molar-refractivity contribution >= 4 is 56.3 Å². The van der Waals surface area contributed by atoms with Gasteiger partial charge in [0, 0.05) is 68.2 Å². The van der Waals surface area contributed by atoms with Crippen molar-refractivity contribution in [2.45, 2.75) is 132 Å². The lowest BCUT2D eigenvalue weighted by atomic mass is 9.73. The number of likely N-dealkylation sites (tertiary alicyclic amines) is 1. The van der Waals surface area contributed by atoms with E-state index in [-0.39, 0.29) is 90.8 Å². The molecule has 7 rings (SSSR count). The molecule has 11 atom stereocenters. The molecular formula is C54H70N3O12+. The molecule has 3 aliphatic rings. The second-order valence-electron chi connectivity index (χ2n) is 21.0. The number of aliphatic hydroxyl groups excluding tert-OH is 1. The molecule has 3 aliphatic heterocycles. The Bertz CT molecular complexity index is 2840. The number of ether oxygens (including phenoxy) is 5. The Kier molecular flexibility index (Phi) is 14.2. The number of aliphatic hydroxyl groups is 1. The van der Waals surface area contributed by atoms with Crippen LogP contribution in [0.2, 0.25) is 0 Å². The lowest BCUT2D eigenvalue weighted by molar-refractivity contribution is -0.964. The number of Topliss-reactive ketones (excluding diaryl/α,β-unsaturated/α-hetero) is 1. The van der Waals surface area contributed by atoms with Crippen molar-refractivity contribution in [1.29, 1.82) is 0 Å². The summed E-state index contributed by atoms with van der Waals surface area (Å²) in [6.07, 6.45) is 7.92. The largest absolute Gasteiger partial charge is 0.505 e. The number of nitrogens with one attached hydrogen (secondary N) is 1. The molecule has 1 aromatic heterocycles. The van der Waals surface area contributed by atoms with Crippen LogP contribution in [0.25, 0.3) is 33.0 Å². The van der Waals surface area contributed by atoms with Crippen molar-refractivity contribution in [2.24, 2.45) is 29.6 Å². The third-order valence-electron chi connectivity index (χ3n) is 15.8. The summed E-state index contributed by atoms with van der Waals surface area (Å²) < 4.78 is 38.2. The molecule has 2 unspecified atom stereocenters. The zero-order valence-electron chi connectivity index (χ0n) is 42.5. The number of ketones is 1. The van der Waals surface area contributed by atoms with E-state index in [4.69, 9.17) is 33.1 Å². The first-order chi connectivity index (χ1) is 32.3. The first kappa shape index (κ1) is 51.1. The van der Waals surface area contributed by atoms with Gasteiger partial charge < -0.3 is 48.1 Å². The number of quaternary nitrogens is 1. The van der Waals surface area contributed by atoms with E-state index >= 15 is 0 Å². The monoisotopic (exact) mass is 952 g/mol. The predicted octanol–water partition coefficient (Wildman–Crippen LogP) is 9.06. The van der Waals surface area contributed by atoms with E-state index in [0.717, 1.165) is 23.9 Å². The number of methoxy groups -OCH3 is 1. The maximum absolute atomic E-state index is 14.9. The summed E-state index contributed by atoms with van der Waals surface area (Å²) in [6, 6.07) is 5.47. The van der Waals surface area contributed by atoms with Crippen LogP contribution in [0, 0.1) is 36.5 Å². The Morgan fingerprint density at radius 1 is 1.01 bits per heavy atom. The average molecular weight is 953 g/mol. The number of carbonyl (C=O) groups is 3. The fourth-order valence-corrected chi connectivity index (χ4v) is 10.5. The third kappa shape index (κ3) is 9.25. The number of esters is 1. The van der Waals surface area contributed by atoms with Crippen LogP contribution < -0.4 is 20.2 Å². The zero-order chi connectivity index (χ0) is 50.7. The van der Waals surface area contributed by atoms with Gasteiger partial charge in [0.15, 0.2) is 22.3 Å². The number of nitrogens with zero attached hydrogens (tertiary/aromatic N) is 2. The molecule has 0 aliphatic carbocycles. The number of phenolic OH excluding ortho intramolecular Hbond substituents is 1. The fraction of sp³-hybridized carbons (Fsp3) is 0.537. The van der Waals surface area contributed by atoms with Crippen molar-refractivity contribution in [2.75, 3.05) is 32.6 Å². The molecule has 1 amide bonds. The van der Waals surface area contributed by atoms with Crippen LogP contribution >= 0.6 is 0 Å². The highest BCUT2D eigenvalue weighted by atomic mass is 16.7. The summed E-state index contributed by atoms with van der Waals surface area (Å²) in [5.74, 6) is -5.39. The Morgan fingerprint density at radius 3 is 2.39 bits per heavy atom. The fourth-order valence-electron chi connectivity index (χ4n) is 10.5. The van der Waals surface area contributed by atoms with Crippen molar-refractivity contribution in [3.63, 3.8) is 0 Å². The molecule has 3 aromatic carbocycles. The van der Waals surface area contributed by atoms with Crippen molar-refractivity contribution in [3.8, 4) is 17.2 Å². The molecule has 0 radical (unpaired) electrons. The summed E-state index contributed by atoms with van der Waals surface area (Å²) in [6.45, 7) is 23.8. The number of allylic oxidation sites excluding steroid dienone is 2. The number of hydrogen-bond acceptors (Lipinski definition) is 13. The number of phenols is 1. The van der Waals surface area contributed by atoms with Gasteiger partial charge in [-0.25, -0.2) is 4.98 Å². The molecule has 4 heterocycles. The Balaban J connectivity index is 1.40. The first-order valence-corrected chi connectivity index (χ1v) is 24.1. The molecule has 4 bridgehead atoms. The van der Waals surface area contributed by atoms with Gasteiger partial charge in [-0.3, -0.25) is 19.2 Å². The van der Waals surface area contributed by atoms with Crippen LogP contribution in [0.3, 0.4) is 0 Å². The summed E-state index contributed by atoms with van der Waals surface area (Å²) in [7, 11) is 3.78. The second-order valence-corrected chi connectivity index (χ2v) is 21.0. The van der Waals surface area contributed by atoms with Gasteiger partial charge in [0.05, 0.1) is 48.6 Å². The van der Waals surface area contributed by atoms with Crippen LogP contribution in [0.5, 0.6) is 17.2 Å². The number of amides is 1. The number of hydrogen-bond donors (Lipinski definition) is 3. The van der Waals surface area contributed by atoms with Crippen molar-refractivity contribution < 1.29 is 57.2 Å². The normalized spacial score (nSPS) is 32.1. The number of carbonyl (C=O) groups excluding carboxylic acids is 3. The minimum atomic E-state index is -2.01. The van der Waals surface area contributed by atoms with Crippen LogP contribution in [-0.2, 0) is 23.8 Å². The molecule has 1 saturated heterocycles. The number of anilines is 1. The van der Waals surface area contributed by atoms with Crippen molar-refractivity contribution in [1.82, 2.24) is 4.98 Å². The molecule has 4 aromatic rings. The summed E-state index contributed by atoms with van der Waals surface area (Å²) >= 11 is 0. The summed E-state index contributed by atoms with van der Waals surface area (Å²) in [5, 5.41) is 26.3. The van der Waals surface area contributed by atoms with Crippen molar-refractivity contribution in [3.05, 3.63) is 75.7 Å². The average Bonchev–Trinajstić information content (AvgIpc) is 3.82. The van der Waals surface area contributed by atoms with E-state index in [1.807, 2.05) is 34.6 Å². The third-order valence-corrected chi connectivity index (χ3v) is 15.8. The molecule has 69 heavy (non-hydrogen) atoms. The van der Waals surface area contributed by atoms with Gasteiger partial charge in [0.1, 0.15) is 47.0 Å². The number of likely N-dealkylation sites (N-methyl/N-ethyl adjacent to an activating group) is 1. The van der Waals surface area contributed by atoms with Gasteiger partial charge >= 0.3 is 11.8 Å².